The quantitative estimate of drug-likeness (QED) is 0.167. The SMILES string of the molecule is C=C(CC)C(=O)NCCCC[C@H](NC(=O)[C@@H]([NH3+])CCCCNC(=O)C(=C)CC)C(=O)O. The molecule has 0 bridgehead atoms. The topological polar surface area (TPSA) is 152 Å². The van der Waals surface area contributed by atoms with E-state index in [2.05, 4.69) is 34.8 Å². The van der Waals surface area contributed by atoms with Crippen molar-refractivity contribution in [3.05, 3.63) is 24.3 Å². The Hall–Kier alpha value is -2.68. The number of amides is 3. The number of rotatable bonds is 17. The summed E-state index contributed by atoms with van der Waals surface area (Å²) in [6.45, 7) is 12.0. The van der Waals surface area contributed by atoms with Crippen LogP contribution in [0, 0.1) is 0 Å². The first kappa shape index (κ1) is 28.3. The zero-order valence-corrected chi connectivity index (χ0v) is 18.9. The molecule has 31 heavy (non-hydrogen) atoms. The molecular weight excluding hydrogens is 400 g/mol. The average Bonchev–Trinajstić information content (AvgIpc) is 2.75. The summed E-state index contributed by atoms with van der Waals surface area (Å²) in [6, 6.07) is -1.56. The molecule has 3 amide bonds. The molecule has 176 valence electrons. The number of quaternary nitrogens is 1. The van der Waals surface area contributed by atoms with E-state index in [0.717, 1.165) is 0 Å². The van der Waals surface area contributed by atoms with Crippen molar-refractivity contribution in [1.82, 2.24) is 16.0 Å². The number of nitrogens with one attached hydrogen (secondary N) is 3. The van der Waals surface area contributed by atoms with Crippen molar-refractivity contribution in [3.8, 4) is 0 Å². The van der Waals surface area contributed by atoms with Gasteiger partial charge in [0.25, 0.3) is 5.91 Å². The highest BCUT2D eigenvalue weighted by molar-refractivity contribution is 5.93. The van der Waals surface area contributed by atoms with E-state index in [-0.39, 0.29) is 18.2 Å². The first-order valence-electron chi connectivity index (χ1n) is 10.9. The molecule has 0 aromatic heterocycles. The summed E-state index contributed by atoms with van der Waals surface area (Å²) in [4.78, 5) is 46.9. The van der Waals surface area contributed by atoms with Crippen LogP contribution in [-0.4, -0.2) is 54.0 Å². The molecule has 0 aromatic rings. The van der Waals surface area contributed by atoms with Crippen LogP contribution in [0.3, 0.4) is 0 Å². The molecular formula is C22H39N4O5+. The molecule has 7 N–H and O–H groups in total. The van der Waals surface area contributed by atoms with Gasteiger partial charge in [0.2, 0.25) is 11.8 Å². The van der Waals surface area contributed by atoms with Gasteiger partial charge in [-0.15, -0.1) is 0 Å². The van der Waals surface area contributed by atoms with Gasteiger partial charge in [-0.25, -0.2) is 4.79 Å². The van der Waals surface area contributed by atoms with Crippen molar-refractivity contribution < 1.29 is 30.0 Å². The molecule has 0 saturated heterocycles. The Morgan fingerprint density at radius 2 is 1.29 bits per heavy atom. The second-order valence-corrected chi connectivity index (χ2v) is 7.51. The molecule has 0 fully saturated rings. The van der Waals surface area contributed by atoms with Crippen LogP contribution in [0.5, 0.6) is 0 Å². The number of carboxylic acids is 1. The van der Waals surface area contributed by atoms with E-state index >= 15 is 0 Å². The van der Waals surface area contributed by atoms with Crippen molar-refractivity contribution in [2.75, 3.05) is 13.1 Å². The summed E-state index contributed by atoms with van der Waals surface area (Å²) in [5.41, 5.74) is 4.85. The highest BCUT2D eigenvalue weighted by atomic mass is 16.4. The van der Waals surface area contributed by atoms with Crippen molar-refractivity contribution >= 4 is 23.7 Å². The Morgan fingerprint density at radius 1 is 0.839 bits per heavy atom. The molecule has 0 aromatic carbocycles. The van der Waals surface area contributed by atoms with Gasteiger partial charge in [0, 0.05) is 30.7 Å². The minimum atomic E-state index is -1.09. The second kappa shape index (κ2) is 16.1. The number of carboxylic acid groups (broad SMARTS) is 1. The lowest BCUT2D eigenvalue weighted by molar-refractivity contribution is -0.405. The standard InChI is InChI=1S/C22H38N4O5/c1-5-15(3)19(27)24-13-9-7-11-17(23)21(29)26-18(22(30)31)12-8-10-14-25-20(28)16(4)6-2/h17-18H,3-14,23H2,1-2H3,(H,24,27)(H,25,28)(H,26,29)(H,30,31)/p+1/t17-,18-/m0/s1. The summed E-state index contributed by atoms with van der Waals surface area (Å²) in [6.07, 6.45) is 4.46. The summed E-state index contributed by atoms with van der Waals surface area (Å²) in [5, 5.41) is 17.4. The van der Waals surface area contributed by atoms with E-state index in [1.807, 2.05) is 13.8 Å². The smallest absolute Gasteiger partial charge is 0.326 e. The Labute approximate surface area is 184 Å². The van der Waals surface area contributed by atoms with Crippen LogP contribution in [-0.2, 0) is 19.2 Å². The average molecular weight is 440 g/mol. The number of carbonyl (C=O) groups excluding carboxylic acids is 3. The predicted molar refractivity (Wildman–Crippen MR) is 119 cm³/mol. The van der Waals surface area contributed by atoms with E-state index < -0.39 is 24.0 Å². The summed E-state index contributed by atoms with van der Waals surface area (Å²) in [7, 11) is 0. The third-order valence-electron chi connectivity index (χ3n) is 4.95. The first-order chi connectivity index (χ1) is 14.6. The van der Waals surface area contributed by atoms with Crippen molar-refractivity contribution in [3.63, 3.8) is 0 Å². The maximum Gasteiger partial charge on any atom is 0.326 e. The lowest BCUT2D eigenvalue weighted by Gasteiger charge is -2.16. The number of carbonyl (C=O) groups is 4. The van der Waals surface area contributed by atoms with Crippen LogP contribution in [0.25, 0.3) is 0 Å². The van der Waals surface area contributed by atoms with Gasteiger partial charge in [-0.3, -0.25) is 14.4 Å². The van der Waals surface area contributed by atoms with Gasteiger partial charge in [0.15, 0.2) is 6.04 Å². The fourth-order valence-corrected chi connectivity index (χ4v) is 2.64. The predicted octanol–water partition coefficient (Wildman–Crippen LogP) is 0.672. The van der Waals surface area contributed by atoms with Crippen LogP contribution >= 0.6 is 0 Å². The molecule has 0 radical (unpaired) electrons. The minimum Gasteiger partial charge on any atom is -0.480 e. The van der Waals surface area contributed by atoms with Crippen molar-refractivity contribution in [1.29, 1.82) is 0 Å². The van der Waals surface area contributed by atoms with Gasteiger partial charge < -0.3 is 26.8 Å². The molecule has 0 unspecified atom stereocenters. The fourth-order valence-electron chi connectivity index (χ4n) is 2.64. The molecule has 0 spiro atoms. The molecule has 0 aliphatic rings. The van der Waals surface area contributed by atoms with E-state index in [0.29, 0.717) is 69.2 Å². The van der Waals surface area contributed by atoms with Gasteiger partial charge in [-0.1, -0.05) is 27.0 Å². The van der Waals surface area contributed by atoms with E-state index in [9.17, 15) is 24.3 Å². The molecule has 0 rings (SSSR count). The maximum absolute atomic E-state index is 12.3. The van der Waals surface area contributed by atoms with Crippen LogP contribution in [0.1, 0.15) is 65.2 Å². The van der Waals surface area contributed by atoms with Gasteiger partial charge in [-0.05, 0) is 44.9 Å². The number of aliphatic carboxylic acids is 1. The maximum atomic E-state index is 12.3. The normalized spacial score (nSPS) is 12.4. The minimum absolute atomic E-state index is 0.162. The van der Waals surface area contributed by atoms with Gasteiger partial charge in [0.1, 0.15) is 6.04 Å². The lowest BCUT2D eigenvalue weighted by Crippen LogP contribution is -2.68. The van der Waals surface area contributed by atoms with E-state index in [1.165, 1.54) is 0 Å². The number of hydrogen-bond acceptors (Lipinski definition) is 4. The summed E-state index contributed by atoms with van der Waals surface area (Å²) >= 11 is 0. The zero-order chi connectivity index (χ0) is 23.8. The first-order valence-corrected chi connectivity index (χ1v) is 10.9. The Morgan fingerprint density at radius 3 is 1.71 bits per heavy atom. The monoisotopic (exact) mass is 439 g/mol. The molecule has 0 heterocycles. The molecule has 9 nitrogen and oxygen atoms in total. The van der Waals surface area contributed by atoms with Crippen molar-refractivity contribution in [2.24, 2.45) is 0 Å². The molecule has 0 aliphatic heterocycles. The lowest BCUT2D eigenvalue weighted by atomic mass is 10.1. The summed E-state index contributed by atoms with van der Waals surface area (Å²) < 4.78 is 0. The Bertz CT molecular complexity index is 648. The van der Waals surface area contributed by atoms with Crippen LogP contribution in [0.2, 0.25) is 0 Å². The number of hydrogen-bond donors (Lipinski definition) is 5. The van der Waals surface area contributed by atoms with Crippen LogP contribution in [0.4, 0.5) is 0 Å². The highest BCUT2D eigenvalue weighted by Crippen LogP contribution is 2.04. The van der Waals surface area contributed by atoms with Gasteiger partial charge in [0.05, 0.1) is 0 Å². The molecule has 9 heteroatoms. The number of unbranched alkanes of at least 4 members (excludes halogenated alkanes) is 2. The van der Waals surface area contributed by atoms with Crippen LogP contribution < -0.4 is 21.7 Å². The highest BCUT2D eigenvalue weighted by Gasteiger charge is 2.24. The largest absolute Gasteiger partial charge is 0.480 e. The summed E-state index contributed by atoms with van der Waals surface area (Å²) in [5.74, 6) is -1.85. The van der Waals surface area contributed by atoms with E-state index in [4.69, 9.17) is 0 Å². The van der Waals surface area contributed by atoms with Crippen molar-refractivity contribution in [2.45, 2.75) is 77.3 Å². The molecule has 2 atom stereocenters. The second-order valence-electron chi connectivity index (χ2n) is 7.51. The van der Waals surface area contributed by atoms with Crippen LogP contribution in [0.15, 0.2) is 24.3 Å². The fraction of sp³-hybridized carbons (Fsp3) is 0.636. The third-order valence-corrected chi connectivity index (χ3v) is 4.95. The van der Waals surface area contributed by atoms with Gasteiger partial charge in [-0.2, -0.15) is 0 Å². The zero-order valence-electron chi connectivity index (χ0n) is 18.9. The Balaban J connectivity index is 4.15. The van der Waals surface area contributed by atoms with E-state index in [1.54, 1.807) is 0 Å². The molecule has 0 aliphatic carbocycles. The van der Waals surface area contributed by atoms with Gasteiger partial charge >= 0.3 is 5.97 Å². The third kappa shape index (κ3) is 12.6. The Kier molecular flexibility index (Phi) is 14.7. The molecule has 0 saturated carbocycles.